The molecule has 0 aromatic rings. The molecule has 0 rings (SSSR count). The van der Waals surface area contributed by atoms with Gasteiger partial charge in [-0.05, 0) is 26.3 Å². The molecule has 1 N–H and O–H groups in total. The van der Waals surface area contributed by atoms with Crippen LogP contribution in [0.5, 0.6) is 0 Å². The van der Waals surface area contributed by atoms with Crippen LogP contribution in [0.2, 0.25) is 0 Å². The highest BCUT2D eigenvalue weighted by molar-refractivity contribution is 5.81. The summed E-state index contributed by atoms with van der Waals surface area (Å²) in [6.45, 7) is 7.53. The average molecular weight is 229 g/mol. The molecule has 0 aliphatic rings. The molecule has 0 unspecified atom stereocenters. The molecule has 0 saturated heterocycles. The largest absolute Gasteiger partial charge is 0.463 e. The Hall–Kier alpha value is -0.870. The maximum Gasteiger partial charge on any atom is 0.330 e. The first-order chi connectivity index (χ1) is 7.81. The van der Waals surface area contributed by atoms with Crippen molar-refractivity contribution in [3.05, 3.63) is 12.2 Å². The maximum absolute atomic E-state index is 10.9. The molecule has 0 fully saturated rings. The van der Waals surface area contributed by atoms with Crippen molar-refractivity contribution in [2.75, 3.05) is 32.9 Å². The lowest BCUT2D eigenvalue weighted by atomic mass is 10.4. The van der Waals surface area contributed by atoms with E-state index in [0.717, 1.165) is 32.6 Å². The van der Waals surface area contributed by atoms with E-state index in [9.17, 15) is 4.79 Å². The van der Waals surface area contributed by atoms with E-state index in [1.54, 1.807) is 13.0 Å². The Morgan fingerprint density at radius 2 is 2.12 bits per heavy atom. The van der Waals surface area contributed by atoms with Gasteiger partial charge in [0.05, 0.1) is 6.61 Å². The van der Waals surface area contributed by atoms with Gasteiger partial charge in [-0.3, -0.25) is 0 Å². The number of hydrogen-bond acceptors (Lipinski definition) is 4. The lowest BCUT2D eigenvalue weighted by molar-refractivity contribution is -0.137. The third-order valence-corrected chi connectivity index (χ3v) is 1.79. The van der Waals surface area contributed by atoms with E-state index < -0.39 is 0 Å². The van der Waals surface area contributed by atoms with Gasteiger partial charge in [0, 0.05) is 25.8 Å². The molecular formula is C12H23NO3. The Morgan fingerprint density at radius 3 is 2.81 bits per heavy atom. The van der Waals surface area contributed by atoms with Crippen LogP contribution in [-0.4, -0.2) is 38.9 Å². The first kappa shape index (κ1) is 15.1. The second-order valence-electron chi connectivity index (χ2n) is 3.32. The third-order valence-electron chi connectivity index (χ3n) is 1.79. The van der Waals surface area contributed by atoms with Gasteiger partial charge in [-0.2, -0.15) is 0 Å². The minimum absolute atomic E-state index is 0.282. The topological polar surface area (TPSA) is 47.6 Å². The van der Waals surface area contributed by atoms with Gasteiger partial charge in [0.2, 0.25) is 0 Å². The Labute approximate surface area is 98.0 Å². The molecule has 0 radical (unpaired) electrons. The molecular weight excluding hydrogens is 206 g/mol. The number of carbonyl (C=O) groups excluding carboxylic acids is 1. The number of rotatable bonds is 10. The van der Waals surface area contributed by atoms with Crippen molar-refractivity contribution in [2.24, 2.45) is 0 Å². The summed E-state index contributed by atoms with van der Waals surface area (Å²) >= 11 is 0. The van der Waals surface area contributed by atoms with E-state index in [1.165, 1.54) is 6.08 Å². The molecule has 0 spiro atoms. The van der Waals surface area contributed by atoms with Crippen molar-refractivity contribution in [2.45, 2.75) is 26.7 Å². The van der Waals surface area contributed by atoms with E-state index >= 15 is 0 Å². The van der Waals surface area contributed by atoms with E-state index in [1.807, 2.05) is 0 Å². The molecule has 0 aliphatic carbocycles. The summed E-state index contributed by atoms with van der Waals surface area (Å²) in [5.74, 6) is -0.282. The van der Waals surface area contributed by atoms with E-state index in [4.69, 9.17) is 9.47 Å². The second-order valence-corrected chi connectivity index (χ2v) is 3.32. The predicted octanol–water partition coefficient (Wildman–Crippen LogP) is 1.51. The van der Waals surface area contributed by atoms with Gasteiger partial charge < -0.3 is 14.8 Å². The Kier molecular flexibility index (Phi) is 11.5. The summed E-state index contributed by atoms with van der Waals surface area (Å²) < 4.78 is 10.1. The van der Waals surface area contributed by atoms with E-state index in [-0.39, 0.29) is 5.97 Å². The Bertz CT molecular complexity index is 193. The molecule has 0 aromatic heterocycles. The fraction of sp³-hybridized carbons (Fsp3) is 0.750. The highest BCUT2D eigenvalue weighted by Crippen LogP contribution is 1.84. The summed E-state index contributed by atoms with van der Waals surface area (Å²) in [5.41, 5.74) is 0. The summed E-state index contributed by atoms with van der Waals surface area (Å²) in [6.07, 6.45) is 5.28. The summed E-state index contributed by atoms with van der Waals surface area (Å²) in [7, 11) is 0. The first-order valence-corrected chi connectivity index (χ1v) is 5.93. The summed E-state index contributed by atoms with van der Waals surface area (Å²) in [5, 5.41) is 3.19. The minimum atomic E-state index is -0.282. The molecule has 94 valence electrons. The van der Waals surface area contributed by atoms with Crippen molar-refractivity contribution in [1.29, 1.82) is 0 Å². The summed E-state index contributed by atoms with van der Waals surface area (Å²) in [6, 6.07) is 0. The van der Waals surface area contributed by atoms with Crippen LogP contribution in [0, 0.1) is 0 Å². The molecule has 0 heterocycles. The van der Waals surface area contributed by atoms with Gasteiger partial charge in [0.15, 0.2) is 0 Å². The van der Waals surface area contributed by atoms with Gasteiger partial charge in [-0.25, -0.2) is 4.79 Å². The molecule has 16 heavy (non-hydrogen) atoms. The van der Waals surface area contributed by atoms with Gasteiger partial charge in [0.25, 0.3) is 0 Å². The average Bonchev–Trinajstić information content (AvgIpc) is 2.27. The van der Waals surface area contributed by atoms with E-state index in [0.29, 0.717) is 13.2 Å². The third kappa shape index (κ3) is 11.2. The van der Waals surface area contributed by atoms with Crippen molar-refractivity contribution >= 4 is 5.97 Å². The Morgan fingerprint density at radius 1 is 1.31 bits per heavy atom. The Balaban J connectivity index is 3.17. The number of hydrogen-bond donors (Lipinski definition) is 1. The number of esters is 1. The monoisotopic (exact) mass is 229 g/mol. The highest BCUT2D eigenvalue weighted by Gasteiger charge is 1.92. The molecule has 0 aliphatic heterocycles. The van der Waals surface area contributed by atoms with Crippen LogP contribution in [0.25, 0.3) is 0 Å². The van der Waals surface area contributed by atoms with Crippen LogP contribution in [0.1, 0.15) is 26.7 Å². The zero-order chi connectivity index (χ0) is 12.1. The predicted molar refractivity (Wildman–Crippen MR) is 64.4 cm³/mol. The summed E-state index contributed by atoms with van der Waals surface area (Å²) in [4.78, 5) is 10.9. The number of nitrogens with one attached hydrogen (secondary N) is 1. The first-order valence-electron chi connectivity index (χ1n) is 5.93. The zero-order valence-electron chi connectivity index (χ0n) is 10.3. The molecule has 4 nitrogen and oxygen atoms in total. The SMILES string of the molecule is CCCOCCCNC/C=C/C(=O)OCC. The smallest absolute Gasteiger partial charge is 0.330 e. The van der Waals surface area contributed by atoms with Crippen LogP contribution < -0.4 is 5.32 Å². The lowest BCUT2D eigenvalue weighted by Crippen LogP contribution is -2.17. The van der Waals surface area contributed by atoms with Crippen LogP contribution >= 0.6 is 0 Å². The quantitative estimate of drug-likeness (QED) is 0.350. The van der Waals surface area contributed by atoms with Crippen molar-refractivity contribution in [1.82, 2.24) is 5.32 Å². The maximum atomic E-state index is 10.9. The number of carbonyl (C=O) groups is 1. The lowest BCUT2D eigenvalue weighted by Gasteiger charge is -2.02. The second kappa shape index (κ2) is 12.2. The molecule has 0 amide bonds. The highest BCUT2D eigenvalue weighted by atomic mass is 16.5. The van der Waals surface area contributed by atoms with Crippen LogP contribution in [0.15, 0.2) is 12.2 Å². The fourth-order valence-electron chi connectivity index (χ4n) is 1.08. The number of ether oxygens (including phenoxy) is 2. The normalized spacial score (nSPS) is 10.9. The van der Waals surface area contributed by atoms with Crippen molar-refractivity contribution in [3.63, 3.8) is 0 Å². The molecule has 0 saturated carbocycles. The molecule has 0 aromatic carbocycles. The van der Waals surface area contributed by atoms with Crippen molar-refractivity contribution < 1.29 is 14.3 Å². The fourth-order valence-corrected chi connectivity index (χ4v) is 1.08. The van der Waals surface area contributed by atoms with Gasteiger partial charge in [-0.1, -0.05) is 13.0 Å². The van der Waals surface area contributed by atoms with E-state index in [2.05, 4.69) is 12.2 Å². The molecule has 0 bridgehead atoms. The van der Waals surface area contributed by atoms with Crippen LogP contribution in [-0.2, 0) is 14.3 Å². The van der Waals surface area contributed by atoms with Crippen LogP contribution in [0.4, 0.5) is 0 Å². The van der Waals surface area contributed by atoms with Gasteiger partial charge >= 0.3 is 5.97 Å². The molecule has 4 heteroatoms. The van der Waals surface area contributed by atoms with Gasteiger partial charge in [0.1, 0.15) is 0 Å². The minimum Gasteiger partial charge on any atom is -0.463 e. The standard InChI is InChI=1S/C12H23NO3/c1-3-10-15-11-6-9-13-8-5-7-12(14)16-4-2/h5,7,13H,3-4,6,8-11H2,1-2H3/b7-5+. The zero-order valence-corrected chi connectivity index (χ0v) is 10.3. The van der Waals surface area contributed by atoms with Gasteiger partial charge in [-0.15, -0.1) is 0 Å². The van der Waals surface area contributed by atoms with Crippen molar-refractivity contribution in [3.8, 4) is 0 Å². The molecule has 0 atom stereocenters. The van der Waals surface area contributed by atoms with Crippen LogP contribution in [0.3, 0.4) is 0 Å².